The van der Waals surface area contributed by atoms with Gasteiger partial charge in [0.2, 0.25) is 10.0 Å². The van der Waals surface area contributed by atoms with E-state index in [0.717, 1.165) is 0 Å². The predicted octanol–water partition coefficient (Wildman–Crippen LogP) is 0.470. The molecule has 2 aromatic rings. The van der Waals surface area contributed by atoms with Gasteiger partial charge in [0.15, 0.2) is 0 Å². The van der Waals surface area contributed by atoms with E-state index in [9.17, 15) is 8.42 Å². The van der Waals surface area contributed by atoms with E-state index in [-0.39, 0.29) is 24.0 Å². The van der Waals surface area contributed by atoms with Crippen LogP contribution in [-0.4, -0.2) is 36.6 Å². The third-order valence-corrected chi connectivity index (χ3v) is 4.10. The zero-order valence-electron chi connectivity index (χ0n) is 9.92. The molecule has 6 nitrogen and oxygen atoms in total. The van der Waals surface area contributed by atoms with Crippen LogP contribution in [0.4, 0.5) is 0 Å². The van der Waals surface area contributed by atoms with Gasteiger partial charge in [0, 0.05) is 30.9 Å². The topological polar surface area (TPSA) is 95.1 Å². The minimum Gasteiger partial charge on any atom is -0.396 e. The number of H-pyrrole nitrogens is 1. The summed E-state index contributed by atoms with van der Waals surface area (Å²) in [6.45, 7) is 1.91. The van der Waals surface area contributed by atoms with E-state index in [0.29, 0.717) is 11.0 Å². The SMILES string of the molecule is CC(CO)CNS(=O)(=O)c1c[nH]c2ncccc12. The van der Waals surface area contributed by atoms with Crippen LogP contribution in [0.15, 0.2) is 29.4 Å². The molecular formula is C11H15N3O3S. The fourth-order valence-electron chi connectivity index (χ4n) is 1.55. The van der Waals surface area contributed by atoms with Crippen LogP contribution in [0.2, 0.25) is 0 Å². The molecule has 0 spiro atoms. The van der Waals surface area contributed by atoms with Crippen LogP contribution >= 0.6 is 0 Å². The molecule has 0 aliphatic carbocycles. The van der Waals surface area contributed by atoms with Gasteiger partial charge >= 0.3 is 0 Å². The fraction of sp³-hybridized carbons (Fsp3) is 0.364. The van der Waals surface area contributed by atoms with Gasteiger partial charge in [-0.1, -0.05) is 6.92 Å². The van der Waals surface area contributed by atoms with Crippen molar-refractivity contribution in [3.05, 3.63) is 24.5 Å². The highest BCUT2D eigenvalue weighted by atomic mass is 32.2. The molecule has 0 radical (unpaired) electrons. The zero-order chi connectivity index (χ0) is 13.2. The monoisotopic (exact) mass is 269 g/mol. The van der Waals surface area contributed by atoms with Crippen LogP contribution in [-0.2, 0) is 10.0 Å². The van der Waals surface area contributed by atoms with Gasteiger partial charge in [-0.05, 0) is 18.1 Å². The molecule has 0 fully saturated rings. The first-order valence-electron chi connectivity index (χ1n) is 5.57. The molecule has 2 rings (SSSR count). The number of pyridine rings is 1. The maximum absolute atomic E-state index is 12.1. The Hall–Kier alpha value is -1.44. The number of hydrogen-bond donors (Lipinski definition) is 3. The van der Waals surface area contributed by atoms with Gasteiger partial charge in [0.25, 0.3) is 0 Å². The summed E-state index contributed by atoms with van der Waals surface area (Å²) in [6.07, 6.45) is 3.01. The molecule has 0 bridgehead atoms. The van der Waals surface area contributed by atoms with E-state index >= 15 is 0 Å². The first-order valence-corrected chi connectivity index (χ1v) is 7.05. The van der Waals surface area contributed by atoms with Gasteiger partial charge < -0.3 is 10.1 Å². The number of hydrogen-bond acceptors (Lipinski definition) is 4. The van der Waals surface area contributed by atoms with E-state index in [4.69, 9.17) is 5.11 Å². The van der Waals surface area contributed by atoms with Crippen molar-refractivity contribution in [2.45, 2.75) is 11.8 Å². The number of nitrogens with one attached hydrogen (secondary N) is 2. The zero-order valence-corrected chi connectivity index (χ0v) is 10.7. The third-order valence-electron chi connectivity index (χ3n) is 2.64. The Morgan fingerprint density at radius 2 is 2.33 bits per heavy atom. The molecule has 0 aromatic carbocycles. The van der Waals surface area contributed by atoms with Crippen LogP contribution in [0.5, 0.6) is 0 Å². The molecule has 1 atom stereocenters. The second-order valence-electron chi connectivity index (χ2n) is 4.19. The lowest BCUT2D eigenvalue weighted by Gasteiger charge is -2.09. The number of rotatable bonds is 5. The van der Waals surface area contributed by atoms with Gasteiger partial charge in [0.05, 0.1) is 0 Å². The normalized spacial score (nSPS) is 13.9. The minimum atomic E-state index is -3.58. The van der Waals surface area contributed by atoms with Crippen molar-refractivity contribution >= 4 is 21.1 Å². The summed E-state index contributed by atoms with van der Waals surface area (Å²) in [5, 5.41) is 9.44. The maximum Gasteiger partial charge on any atom is 0.242 e. The maximum atomic E-state index is 12.1. The van der Waals surface area contributed by atoms with Crippen molar-refractivity contribution in [1.29, 1.82) is 0 Å². The summed E-state index contributed by atoms with van der Waals surface area (Å²) in [5.41, 5.74) is 0.535. The second kappa shape index (κ2) is 5.05. The number of nitrogens with zero attached hydrogens (tertiary/aromatic N) is 1. The van der Waals surface area contributed by atoms with Crippen molar-refractivity contribution in [2.24, 2.45) is 5.92 Å². The summed E-state index contributed by atoms with van der Waals surface area (Å²) >= 11 is 0. The number of aliphatic hydroxyl groups excluding tert-OH is 1. The summed E-state index contributed by atoms with van der Waals surface area (Å²) in [4.78, 5) is 7.03. The van der Waals surface area contributed by atoms with Crippen molar-refractivity contribution in [3.63, 3.8) is 0 Å². The van der Waals surface area contributed by atoms with Crippen LogP contribution < -0.4 is 4.72 Å². The standard InChI is InChI=1S/C11H15N3O3S/c1-8(7-15)5-14-18(16,17)10-6-13-11-9(10)3-2-4-12-11/h2-4,6,8,14-15H,5,7H2,1H3,(H,12,13). The average Bonchev–Trinajstić information content (AvgIpc) is 2.80. The highest BCUT2D eigenvalue weighted by molar-refractivity contribution is 7.89. The summed E-state index contributed by atoms with van der Waals surface area (Å²) in [7, 11) is -3.58. The lowest BCUT2D eigenvalue weighted by Crippen LogP contribution is -2.29. The van der Waals surface area contributed by atoms with Crippen LogP contribution in [0.25, 0.3) is 11.0 Å². The van der Waals surface area contributed by atoms with Crippen molar-refractivity contribution in [1.82, 2.24) is 14.7 Å². The smallest absolute Gasteiger partial charge is 0.242 e. The number of aromatic amines is 1. The van der Waals surface area contributed by atoms with E-state index in [1.807, 2.05) is 0 Å². The molecule has 0 amide bonds. The van der Waals surface area contributed by atoms with Crippen molar-refractivity contribution in [2.75, 3.05) is 13.2 Å². The summed E-state index contributed by atoms with van der Waals surface area (Å²) < 4.78 is 26.6. The Morgan fingerprint density at radius 3 is 3.06 bits per heavy atom. The fourth-order valence-corrected chi connectivity index (χ4v) is 2.88. The molecule has 18 heavy (non-hydrogen) atoms. The molecule has 0 saturated carbocycles. The number of sulfonamides is 1. The Balaban J connectivity index is 2.30. The van der Waals surface area contributed by atoms with E-state index in [1.54, 1.807) is 25.3 Å². The van der Waals surface area contributed by atoms with Gasteiger partial charge in [-0.25, -0.2) is 18.1 Å². The summed E-state index contributed by atoms with van der Waals surface area (Å²) in [6, 6.07) is 3.38. The van der Waals surface area contributed by atoms with Crippen LogP contribution in [0.1, 0.15) is 6.92 Å². The molecule has 98 valence electrons. The van der Waals surface area contributed by atoms with E-state index in [2.05, 4.69) is 14.7 Å². The largest absolute Gasteiger partial charge is 0.396 e. The van der Waals surface area contributed by atoms with Crippen molar-refractivity contribution in [3.8, 4) is 0 Å². The molecule has 0 aliphatic heterocycles. The Bertz CT molecular complexity index is 636. The van der Waals surface area contributed by atoms with Crippen LogP contribution in [0.3, 0.4) is 0 Å². The molecule has 7 heteroatoms. The van der Waals surface area contributed by atoms with Gasteiger partial charge in [0.1, 0.15) is 10.5 Å². The minimum absolute atomic E-state index is 0.0576. The number of aromatic nitrogens is 2. The van der Waals surface area contributed by atoms with Gasteiger partial charge in [-0.15, -0.1) is 0 Å². The molecule has 2 heterocycles. The van der Waals surface area contributed by atoms with Gasteiger partial charge in [-0.2, -0.15) is 0 Å². The molecule has 1 unspecified atom stereocenters. The molecular weight excluding hydrogens is 254 g/mol. The molecule has 2 aromatic heterocycles. The Kier molecular flexibility index (Phi) is 3.65. The number of fused-ring (bicyclic) bond motifs is 1. The van der Waals surface area contributed by atoms with Gasteiger partial charge in [-0.3, -0.25) is 0 Å². The highest BCUT2D eigenvalue weighted by Gasteiger charge is 2.19. The Labute approximate surface area is 105 Å². The Morgan fingerprint density at radius 1 is 1.56 bits per heavy atom. The lowest BCUT2D eigenvalue weighted by molar-refractivity contribution is 0.238. The third kappa shape index (κ3) is 2.53. The predicted molar refractivity (Wildman–Crippen MR) is 67.5 cm³/mol. The molecule has 0 saturated heterocycles. The average molecular weight is 269 g/mol. The van der Waals surface area contributed by atoms with Crippen molar-refractivity contribution < 1.29 is 13.5 Å². The molecule has 0 aliphatic rings. The number of aliphatic hydroxyl groups is 1. The van der Waals surface area contributed by atoms with Crippen LogP contribution in [0, 0.1) is 5.92 Å². The van der Waals surface area contributed by atoms with E-state index in [1.165, 1.54) is 6.20 Å². The first-order chi connectivity index (χ1) is 8.54. The first kappa shape index (κ1) is 13.0. The quantitative estimate of drug-likeness (QED) is 0.735. The molecule has 3 N–H and O–H groups in total. The lowest BCUT2D eigenvalue weighted by atomic mass is 10.2. The van der Waals surface area contributed by atoms with E-state index < -0.39 is 10.0 Å². The summed E-state index contributed by atoms with van der Waals surface area (Å²) in [5.74, 6) is -0.122. The second-order valence-corrected chi connectivity index (χ2v) is 5.93. The highest BCUT2D eigenvalue weighted by Crippen LogP contribution is 2.20.